The average molecular weight is 352 g/mol. The van der Waals surface area contributed by atoms with Gasteiger partial charge in [-0.3, -0.25) is 4.79 Å². The summed E-state index contributed by atoms with van der Waals surface area (Å²) in [7, 11) is 1.33. The molecule has 3 aromatic rings. The third-order valence-electron chi connectivity index (χ3n) is 3.59. The van der Waals surface area contributed by atoms with E-state index in [0.717, 1.165) is 10.6 Å². The van der Waals surface area contributed by atoms with Gasteiger partial charge in [-0.2, -0.15) is 0 Å². The number of amides is 1. The van der Waals surface area contributed by atoms with Crippen LogP contribution in [0.1, 0.15) is 25.7 Å². The van der Waals surface area contributed by atoms with Crippen LogP contribution in [0.25, 0.3) is 10.6 Å². The smallest absolute Gasteiger partial charge is 0.337 e. The second kappa shape index (κ2) is 7.27. The fraction of sp³-hybridized carbons (Fsp3) is 0.105. The van der Waals surface area contributed by atoms with E-state index < -0.39 is 5.97 Å². The largest absolute Gasteiger partial charge is 0.465 e. The summed E-state index contributed by atoms with van der Waals surface area (Å²) in [5, 5.41) is 3.64. The third-order valence-corrected chi connectivity index (χ3v) is 4.79. The minimum atomic E-state index is -0.413. The summed E-state index contributed by atoms with van der Waals surface area (Å²) in [6, 6.07) is 16.3. The molecular formula is C19H16N2O3S. The summed E-state index contributed by atoms with van der Waals surface area (Å²) in [6.07, 6.45) is 0. The van der Waals surface area contributed by atoms with Crippen molar-refractivity contribution in [2.45, 2.75) is 6.92 Å². The zero-order valence-corrected chi connectivity index (χ0v) is 14.6. The molecule has 0 aliphatic heterocycles. The number of carbonyl (C=O) groups excluding carboxylic acids is 2. The molecule has 1 aromatic heterocycles. The van der Waals surface area contributed by atoms with E-state index in [1.54, 1.807) is 24.3 Å². The number of thiazole rings is 1. The number of aryl methyl sites for hydroxylation is 1. The first-order valence-electron chi connectivity index (χ1n) is 7.61. The van der Waals surface area contributed by atoms with Crippen LogP contribution in [0.3, 0.4) is 0 Å². The number of nitrogens with one attached hydrogen (secondary N) is 1. The van der Waals surface area contributed by atoms with Gasteiger partial charge in [-0.15, -0.1) is 11.3 Å². The molecule has 1 amide bonds. The number of ether oxygens (including phenoxy) is 1. The van der Waals surface area contributed by atoms with Gasteiger partial charge >= 0.3 is 5.97 Å². The third kappa shape index (κ3) is 3.75. The van der Waals surface area contributed by atoms with E-state index in [-0.39, 0.29) is 5.91 Å². The van der Waals surface area contributed by atoms with Gasteiger partial charge in [0, 0.05) is 11.3 Å². The van der Waals surface area contributed by atoms with Crippen molar-refractivity contribution < 1.29 is 14.3 Å². The van der Waals surface area contributed by atoms with E-state index in [1.165, 1.54) is 18.4 Å². The molecule has 0 spiro atoms. The highest BCUT2D eigenvalue weighted by Crippen LogP contribution is 2.28. The maximum atomic E-state index is 12.5. The van der Waals surface area contributed by atoms with Gasteiger partial charge < -0.3 is 10.1 Å². The second-order valence-electron chi connectivity index (χ2n) is 5.32. The number of methoxy groups -OCH3 is 1. The molecule has 3 rings (SSSR count). The summed E-state index contributed by atoms with van der Waals surface area (Å²) < 4.78 is 4.65. The molecule has 0 saturated heterocycles. The Bertz CT molecular complexity index is 902. The van der Waals surface area contributed by atoms with Crippen LogP contribution >= 0.6 is 11.3 Å². The Hall–Kier alpha value is -2.99. The lowest BCUT2D eigenvalue weighted by molar-refractivity contribution is 0.0600. The average Bonchev–Trinajstić information content (AvgIpc) is 3.04. The number of anilines is 1. The topological polar surface area (TPSA) is 68.3 Å². The predicted octanol–water partition coefficient (Wildman–Crippen LogP) is 4.16. The predicted molar refractivity (Wildman–Crippen MR) is 98.0 cm³/mol. The normalized spacial score (nSPS) is 10.3. The van der Waals surface area contributed by atoms with Gasteiger partial charge in [-0.25, -0.2) is 9.78 Å². The Balaban J connectivity index is 1.78. The molecule has 25 heavy (non-hydrogen) atoms. The van der Waals surface area contributed by atoms with E-state index in [9.17, 15) is 9.59 Å². The van der Waals surface area contributed by atoms with Gasteiger partial charge in [-0.05, 0) is 31.2 Å². The number of hydrogen-bond acceptors (Lipinski definition) is 5. The summed E-state index contributed by atoms with van der Waals surface area (Å²) >= 11 is 1.35. The van der Waals surface area contributed by atoms with Crippen LogP contribution < -0.4 is 5.32 Å². The molecule has 0 saturated carbocycles. The quantitative estimate of drug-likeness (QED) is 0.716. The Labute approximate surface area is 149 Å². The first-order chi connectivity index (χ1) is 12.1. The molecule has 0 unspecified atom stereocenters. The summed E-state index contributed by atoms with van der Waals surface area (Å²) in [6.45, 7) is 1.82. The molecule has 2 aromatic carbocycles. The fourth-order valence-electron chi connectivity index (χ4n) is 2.31. The van der Waals surface area contributed by atoms with Crippen molar-refractivity contribution in [3.63, 3.8) is 0 Å². The van der Waals surface area contributed by atoms with Crippen molar-refractivity contribution in [2.24, 2.45) is 0 Å². The van der Waals surface area contributed by atoms with E-state index in [0.29, 0.717) is 21.8 Å². The first kappa shape index (κ1) is 16.9. The minimum absolute atomic E-state index is 0.219. The molecule has 0 atom stereocenters. The lowest BCUT2D eigenvalue weighted by Gasteiger charge is -2.05. The van der Waals surface area contributed by atoms with Crippen LogP contribution in [0.4, 0.5) is 5.69 Å². The van der Waals surface area contributed by atoms with Crippen molar-refractivity contribution in [1.82, 2.24) is 4.98 Å². The van der Waals surface area contributed by atoms with Crippen molar-refractivity contribution in [3.8, 4) is 10.6 Å². The summed E-state index contributed by atoms with van der Waals surface area (Å²) in [5.41, 5.74) is 2.71. The number of carbonyl (C=O) groups is 2. The van der Waals surface area contributed by atoms with Crippen LogP contribution in [0.5, 0.6) is 0 Å². The molecule has 1 N–H and O–H groups in total. The van der Waals surface area contributed by atoms with Crippen LogP contribution in [0, 0.1) is 6.92 Å². The standard InChI is InChI=1S/C19H16N2O3S/c1-12-16(25-18(20-12)13-6-4-3-5-7-13)17(22)21-15-10-8-14(9-11-15)19(23)24-2/h3-11H,1-2H3,(H,21,22). The zero-order valence-electron chi connectivity index (χ0n) is 13.8. The van der Waals surface area contributed by atoms with Gasteiger partial charge in [0.2, 0.25) is 0 Å². The van der Waals surface area contributed by atoms with E-state index in [1.807, 2.05) is 37.3 Å². The summed E-state index contributed by atoms with van der Waals surface area (Å²) in [5.74, 6) is -0.633. The maximum absolute atomic E-state index is 12.5. The fourth-order valence-corrected chi connectivity index (χ4v) is 3.27. The SMILES string of the molecule is COC(=O)c1ccc(NC(=O)c2sc(-c3ccccc3)nc2C)cc1. The van der Waals surface area contributed by atoms with Gasteiger partial charge in [0.05, 0.1) is 18.4 Å². The highest BCUT2D eigenvalue weighted by molar-refractivity contribution is 7.17. The van der Waals surface area contributed by atoms with Crippen LogP contribution in [-0.2, 0) is 4.74 Å². The lowest BCUT2D eigenvalue weighted by atomic mass is 10.2. The van der Waals surface area contributed by atoms with E-state index in [2.05, 4.69) is 15.0 Å². The Kier molecular flexibility index (Phi) is 4.90. The molecule has 0 fully saturated rings. The zero-order chi connectivity index (χ0) is 17.8. The number of hydrogen-bond donors (Lipinski definition) is 1. The number of esters is 1. The van der Waals surface area contributed by atoms with Crippen molar-refractivity contribution in [1.29, 1.82) is 0 Å². The molecule has 0 radical (unpaired) electrons. The molecule has 1 heterocycles. The van der Waals surface area contributed by atoms with E-state index in [4.69, 9.17) is 0 Å². The van der Waals surface area contributed by atoms with Gasteiger partial charge in [0.1, 0.15) is 9.88 Å². The molecule has 6 heteroatoms. The first-order valence-corrected chi connectivity index (χ1v) is 8.42. The van der Waals surface area contributed by atoms with Gasteiger partial charge in [0.15, 0.2) is 0 Å². The van der Waals surface area contributed by atoms with Crippen LogP contribution in [0.15, 0.2) is 54.6 Å². The van der Waals surface area contributed by atoms with Crippen molar-refractivity contribution in [2.75, 3.05) is 12.4 Å². The van der Waals surface area contributed by atoms with Gasteiger partial charge in [0.25, 0.3) is 5.91 Å². The van der Waals surface area contributed by atoms with Crippen molar-refractivity contribution >= 4 is 28.9 Å². The second-order valence-corrected chi connectivity index (χ2v) is 6.32. The molecule has 0 aliphatic carbocycles. The number of nitrogens with zero attached hydrogens (tertiary/aromatic N) is 1. The minimum Gasteiger partial charge on any atom is -0.465 e. The Morgan fingerprint density at radius 3 is 2.36 bits per heavy atom. The molecular weight excluding hydrogens is 336 g/mol. The monoisotopic (exact) mass is 352 g/mol. The number of benzene rings is 2. The molecule has 0 aliphatic rings. The Morgan fingerprint density at radius 2 is 1.72 bits per heavy atom. The highest BCUT2D eigenvalue weighted by atomic mass is 32.1. The molecule has 0 bridgehead atoms. The van der Waals surface area contributed by atoms with Crippen LogP contribution in [0.2, 0.25) is 0 Å². The van der Waals surface area contributed by atoms with Crippen LogP contribution in [-0.4, -0.2) is 24.0 Å². The Morgan fingerprint density at radius 1 is 1.04 bits per heavy atom. The van der Waals surface area contributed by atoms with Crippen molar-refractivity contribution in [3.05, 3.63) is 70.7 Å². The number of aromatic nitrogens is 1. The lowest BCUT2D eigenvalue weighted by Crippen LogP contribution is -2.11. The summed E-state index contributed by atoms with van der Waals surface area (Å²) in [4.78, 5) is 29.0. The highest BCUT2D eigenvalue weighted by Gasteiger charge is 2.16. The number of rotatable bonds is 4. The van der Waals surface area contributed by atoms with Gasteiger partial charge in [-0.1, -0.05) is 30.3 Å². The maximum Gasteiger partial charge on any atom is 0.337 e. The molecule has 126 valence electrons. The molecule has 5 nitrogen and oxygen atoms in total. The van der Waals surface area contributed by atoms with E-state index >= 15 is 0 Å².